The van der Waals surface area contributed by atoms with Crippen LogP contribution in [-0.2, 0) is 9.59 Å². The molecular formula is C12H14N2O3S. The molecule has 0 bridgehead atoms. The van der Waals surface area contributed by atoms with Crippen molar-refractivity contribution in [2.24, 2.45) is 0 Å². The van der Waals surface area contributed by atoms with Gasteiger partial charge in [-0.05, 0) is 19.1 Å². The lowest BCUT2D eigenvalue weighted by Crippen LogP contribution is -2.45. The van der Waals surface area contributed by atoms with Gasteiger partial charge in [0.25, 0.3) is 0 Å². The van der Waals surface area contributed by atoms with E-state index in [2.05, 4.69) is 0 Å². The van der Waals surface area contributed by atoms with Crippen molar-refractivity contribution < 1.29 is 14.8 Å². The molecule has 1 atom stereocenters. The zero-order chi connectivity index (χ0) is 13.1. The van der Waals surface area contributed by atoms with Crippen LogP contribution in [0, 0.1) is 0 Å². The predicted molar refractivity (Wildman–Crippen MR) is 68.7 cm³/mol. The van der Waals surface area contributed by atoms with Crippen LogP contribution in [-0.4, -0.2) is 40.9 Å². The van der Waals surface area contributed by atoms with E-state index >= 15 is 0 Å². The van der Waals surface area contributed by atoms with Crippen molar-refractivity contribution in [1.82, 2.24) is 5.06 Å². The number of amides is 2. The molecule has 1 heterocycles. The SMILES string of the molecule is CCN1C(=O)C(CN(O)C=O)Sc2ccccc21. The molecular weight excluding hydrogens is 252 g/mol. The summed E-state index contributed by atoms with van der Waals surface area (Å²) in [5.41, 5.74) is 0.891. The average molecular weight is 266 g/mol. The molecule has 5 nitrogen and oxygen atoms in total. The molecule has 1 aromatic rings. The first kappa shape index (κ1) is 12.9. The van der Waals surface area contributed by atoms with E-state index in [9.17, 15) is 14.8 Å². The van der Waals surface area contributed by atoms with Crippen LogP contribution in [0.5, 0.6) is 0 Å². The van der Waals surface area contributed by atoms with Crippen molar-refractivity contribution in [3.63, 3.8) is 0 Å². The van der Waals surface area contributed by atoms with E-state index in [1.54, 1.807) is 4.90 Å². The number of benzene rings is 1. The molecule has 0 saturated carbocycles. The molecule has 0 fully saturated rings. The Morgan fingerprint density at radius 2 is 2.22 bits per heavy atom. The largest absolute Gasteiger partial charge is 0.311 e. The van der Waals surface area contributed by atoms with Gasteiger partial charge in [0.2, 0.25) is 12.3 Å². The quantitative estimate of drug-likeness (QED) is 0.508. The number of para-hydroxylation sites is 1. The summed E-state index contributed by atoms with van der Waals surface area (Å²) in [6.07, 6.45) is 0.310. The molecule has 0 radical (unpaired) electrons. The molecule has 96 valence electrons. The van der Waals surface area contributed by atoms with Gasteiger partial charge in [0.1, 0.15) is 5.25 Å². The van der Waals surface area contributed by atoms with Crippen LogP contribution in [0.25, 0.3) is 0 Å². The van der Waals surface area contributed by atoms with Crippen LogP contribution >= 0.6 is 11.8 Å². The second-order valence-electron chi connectivity index (χ2n) is 3.88. The van der Waals surface area contributed by atoms with Crippen molar-refractivity contribution in [2.45, 2.75) is 17.1 Å². The van der Waals surface area contributed by atoms with Gasteiger partial charge in [-0.1, -0.05) is 12.1 Å². The zero-order valence-corrected chi connectivity index (χ0v) is 10.8. The zero-order valence-electron chi connectivity index (χ0n) is 9.94. The number of carbonyl (C=O) groups is 2. The lowest BCUT2D eigenvalue weighted by molar-refractivity contribution is -0.150. The fraction of sp³-hybridized carbons (Fsp3) is 0.333. The van der Waals surface area contributed by atoms with E-state index in [1.165, 1.54) is 11.8 Å². The summed E-state index contributed by atoms with van der Waals surface area (Å²) in [6.45, 7) is 2.47. The predicted octanol–water partition coefficient (Wildman–Crippen LogP) is 1.36. The van der Waals surface area contributed by atoms with Gasteiger partial charge in [-0.25, -0.2) is 5.06 Å². The highest BCUT2D eigenvalue weighted by Crippen LogP contribution is 2.38. The molecule has 6 heteroatoms. The summed E-state index contributed by atoms with van der Waals surface area (Å²) in [5.74, 6) is -0.0814. The second kappa shape index (κ2) is 5.41. The molecule has 1 aliphatic rings. The molecule has 1 N–H and O–H groups in total. The van der Waals surface area contributed by atoms with Gasteiger partial charge >= 0.3 is 0 Å². The van der Waals surface area contributed by atoms with Crippen LogP contribution in [0.2, 0.25) is 0 Å². The Morgan fingerprint density at radius 1 is 1.50 bits per heavy atom. The fourth-order valence-corrected chi connectivity index (χ4v) is 3.15. The minimum atomic E-state index is -0.463. The van der Waals surface area contributed by atoms with E-state index in [0.29, 0.717) is 18.0 Å². The van der Waals surface area contributed by atoms with E-state index in [0.717, 1.165) is 10.6 Å². The van der Waals surface area contributed by atoms with Crippen LogP contribution in [0.3, 0.4) is 0 Å². The molecule has 1 aromatic carbocycles. The van der Waals surface area contributed by atoms with E-state index < -0.39 is 5.25 Å². The smallest absolute Gasteiger partial charge is 0.242 e. The van der Waals surface area contributed by atoms with Gasteiger partial charge in [-0.2, -0.15) is 0 Å². The molecule has 1 aliphatic heterocycles. The number of nitrogens with zero attached hydrogens (tertiary/aromatic N) is 2. The van der Waals surface area contributed by atoms with Crippen molar-refractivity contribution in [3.8, 4) is 0 Å². The Hall–Kier alpha value is -1.53. The first-order valence-corrected chi connectivity index (χ1v) is 6.53. The molecule has 1 unspecified atom stereocenters. The second-order valence-corrected chi connectivity index (χ2v) is 5.13. The third-order valence-electron chi connectivity index (χ3n) is 2.76. The Bertz CT molecular complexity index is 466. The normalized spacial score (nSPS) is 18.4. The van der Waals surface area contributed by atoms with Gasteiger partial charge in [-0.3, -0.25) is 14.8 Å². The fourth-order valence-electron chi connectivity index (χ4n) is 1.93. The Kier molecular flexibility index (Phi) is 3.88. The minimum absolute atomic E-state index is 0.00215. The summed E-state index contributed by atoms with van der Waals surface area (Å²) in [6, 6.07) is 7.63. The third-order valence-corrected chi connectivity index (χ3v) is 3.99. The number of carbonyl (C=O) groups excluding carboxylic acids is 2. The summed E-state index contributed by atoms with van der Waals surface area (Å²) >= 11 is 1.38. The average Bonchev–Trinajstić information content (AvgIpc) is 2.39. The van der Waals surface area contributed by atoms with Crippen molar-refractivity contribution >= 4 is 29.8 Å². The minimum Gasteiger partial charge on any atom is -0.311 e. The highest BCUT2D eigenvalue weighted by atomic mass is 32.2. The van der Waals surface area contributed by atoms with Crippen LogP contribution in [0.1, 0.15) is 6.92 Å². The number of anilines is 1. The molecule has 2 amide bonds. The number of thioether (sulfide) groups is 1. The first-order valence-electron chi connectivity index (χ1n) is 5.65. The molecule has 2 rings (SSSR count). The van der Waals surface area contributed by atoms with Gasteiger partial charge in [-0.15, -0.1) is 11.8 Å². The summed E-state index contributed by atoms with van der Waals surface area (Å²) in [7, 11) is 0. The van der Waals surface area contributed by atoms with Crippen molar-refractivity contribution in [1.29, 1.82) is 0 Å². The topological polar surface area (TPSA) is 60.9 Å². The van der Waals surface area contributed by atoms with Crippen molar-refractivity contribution in [2.75, 3.05) is 18.0 Å². The van der Waals surface area contributed by atoms with Crippen LogP contribution in [0.4, 0.5) is 5.69 Å². The number of hydroxylamine groups is 2. The van der Waals surface area contributed by atoms with Gasteiger partial charge in [0, 0.05) is 11.4 Å². The standard InChI is InChI=1S/C12H14N2O3S/c1-2-14-9-5-3-4-6-10(9)18-11(12(14)16)7-13(17)8-15/h3-6,8,11,17H,2,7H2,1H3. The molecule has 18 heavy (non-hydrogen) atoms. The Balaban J connectivity index is 2.28. The third kappa shape index (κ3) is 2.34. The summed E-state index contributed by atoms with van der Waals surface area (Å²) < 4.78 is 0. The number of hydrogen-bond donors (Lipinski definition) is 1. The number of fused-ring (bicyclic) bond motifs is 1. The highest BCUT2D eigenvalue weighted by molar-refractivity contribution is 8.01. The molecule has 0 spiro atoms. The maximum Gasteiger partial charge on any atom is 0.242 e. The van der Waals surface area contributed by atoms with Crippen LogP contribution in [0.15, 0.2) is 29.2 Å². The van der Waals surface area contributed by atoms with Crippen molar-refractivity contribution in [3.05, 3.63) is 24.3 Å². The first-order chi connectivity index (χ1) is 8.67. The Labute approximate surface area is 109 Å². The van der Waals surface area contributed by atoms with E-state index in [4.69, 9.17) is 0 Å². The Morgan fingerprint density at radius 3 is 2.89 bits per heavy atom. The van der Waals surface area contributed by atoms with Gasteiger partial charge < -0.3 is 4.90 Å². The molecule has 0 aromatic heterocycles. The van der Waals surface area contributed by atoms with E-state index in [1.807, 2.05) is 31.2 Å². The number of rotatable bonds is 4. The van der Waals surface area contributed by atoms with Gasteiger partial charge in [0.05, 0.1) is 12.2 Å². The van der Waals surface area contributed by atoms with E-state index in [-0.39, 0.29) is 12.5 Å². The molecule has 0 saturated heterocycles. The van der Waals surface area contributed by atoms with Crippen LogP contribution < -0.4 is 4.90 Å². The maximum atomic E-state index is 12.2. The summed E-state index contributed by atoms with van der Waals surface area (Å²) in [4.78, 5) is 25.3. The highest BCUT2D eigenvalue weighted by Gasteiger charge is 2.33. The summed E-state index contributed by atoms with van der Waals surface area (Å²) in [5, 5.41) is 9.26. The monoisotopic (exact) mass is 266 g/mol. The maximum absolute atomic E-state index is 12.2. The lowest BCUT2D eigenvalue weighted by Gasteiger charge is -2.33. The number of hydrogen-bond acceptors (Lipinski definition) is 4. The lowest BCUT2D eigenvalue weighted by atomic mass is 10.2. The van der Waals surface area contributed by atoms with Gasteiger partial charge in [0.15, 0.2) is 0 Å². The molecule has 0 aliphatic carbocycles.